The van der Waals surface area contributed by atoms with Gasteiger partial charge in [0.05, 0.1) is 5.39 Å². The van der Waals surface area contributed by atoms with E-state index in [2.05, 4.69) is 46.0 Å². The molecule has 0 fully saturated rings. The number of nitrogens with zero attached hydrogens (tertiary/aromatic N) is 4. The van der Waals surface area contributed by atoms with E-state index in [4.69, 9.17) is 0 Å². The predicted molar refractivity (Wildman–Crippen MR) is 74.7 cm³/mol. The Labute approximate surface area is 108 Å². The quantitative estimate of drug-likeness (QED) is 0.839. The standard InChI is InChI=1S/C11H15N5.C2H6/c1-11(2,3)10-13-5-7-8(12-4)14-6-15-9(7)16-10;1-2/h5-6H,1-4H3,(H,12,13,14,15,16);1-2H3. The first-order valence-corrected chi connectivity index (χ1v) is 6.18. The van der Waals surface area contributed by atoms with E-state index < -0.39 is 0 Å². The van der Waals surface area contributed by atoms with Crippen molar-refractivity contribution in [3.05, 3.63) is 18.3 Å². The maximum atomic E-state index is 4.45. The van der Waals surface area contributed by atoms with Crippen molar-refractivity contribution in [2.45, 2.75) is 40.0 Å². The normalized spacial score (nSPS) is 10.8. The third-order valence-electron chi connectivity index (χ3n) is 2.30. The van der Waals surface area contributed by atoms with E-state index in [1.165, 1.54) is 6.33 Å². The predicted octanol–water partition coefficient (Wildman–Crippen LogP) is 2.79. The van der Waals surface area contributed by atoms with Crippen molar-refractivity contribution in [3.63, 3.8) is 0 Å². The molecule has 98 valence electrons. The monoisotopic (exact) mass is 247 g/mol. The number of hydrogen-bond acceptors (Lipinski definition) is 5. The van der Waals surface area contributed by atoms with Crippen LogP contribution in [-0.4, -0.2) is 27.0 Å². The number of nitrogens with one attached hydrogen (secondary N) is 1. The Morgan fingerprint density at radius 3 is 2.28 bits per heavy atom. The molecular weight excluding hydrogens is 226 g/mol. The summed E-state index contributed by atoms with van der Waals surface area (Å²) in [6.45, 7) is 10.2. The Morgan fingerprint density at radius 1 is 1.06 bits per heavy atom. The first kappa shape index (κ1) is 14.3. The Balaban J connectivity index is 0.000000771. The van der Waals surface area contributed by atoms with Gasteiger partial charge in [-0.3, -0.25) is 0 Å². The van der Waals surface area contributed by atoms with E-state index in [0.717, 1.165) is 17.0 Å². The molecule has 0 amide bonds. The molecule has 2 rings (SSSR count). The first-order chi connectivity index (χ1) is 8.52. The van der Waals surface area contributed by atoms with Crippen molar-refractivity contribution >= 4 is 16.9 Å². The molecule has 0 aromatic carbocycles. The minimum atomic E-state index is -0.0705. The van der Waals surface area contributed by atoms with Gasteiger partial charge < -0.3 is 5.32 Å². The summed E-state index contributed by atoms with van der Waals surface area (Å²) in [4.78, 5) is 17.1. The van der Waals surface area contributed by atoms with Crippen LogP contribution in [0.5, 0.6) is 0 Å². The lowest BCUT2D eigenvalue weighted by Crippen LogP contribution is -2.16. The highest BCUT2D eigenvalue weighted by atomic mass is 15.0. The van der Waals surface area contributed by atoms with Gasteiger partial charge in [0.15, 0.2) is 5.65 Å². The van der Waals surface area contributed by atoms with Gasteiger partial charge in [-0.1, -0.05) is 34.6 Å². The van der Waals surface area contributed by atoms with Crippen LogP contribution >= 0.6 is 0 Å². The fourth-order valence-electron chi connectivity index (χ4n) is 1.41. The van der Waals surface area contributed by atoms with Crippen LogP contribution in [0.4, 0.5) is 5.82 Å². The second kappa shape index (κ2) is 5.71. The van der Waals surface area contributed by atoms with Crippen LogP contribution in [0.25, 0.3) is 11.0 Å². The minimum absolute atomic E-state index is 0.0705. The summed E-state index contributed by atoms with van der Waals surface area (Å²) in [5, 5.41) is 3.84. The molecule has 2 heterocycles. The second-order valence-electron chi connectivity index (χ2n) is 4.65. The van der Waals surface area contributed by atoms with Crippen LogP contribution in [0.2, 0.25) is 0 Å². The highest BCUT2D eigenvalue weighted by Gasteiger charge is 2.18. The molecule has 0 saturated heterocycles. The van der Waals surface area contributed by atoms with Gasteiger partial charge in [-0.25, -0.2) is 19.9 Å². The first-order valence-electron chi connectivity index (χ1n) is 6.18. The molecule has 5 heteroatoms. The molecule has 1 N–H and O–H groups in total. The molecular formula is C13H21N5. The summed E-state index contributed by atoms with van der Waals surface area (Å²) in [5.74, 6) is 1.55. The number of aromatic nitrogens is 4. The molecule has 0 saturated carbocycles. The lowest BCUT2D eigenvalue weighted by Gasteiger charge is -2.16. The Hall–Kier alpha value is -1.78. The summed E-state index contributed by atoms with van der Waals surface area (Å²) >= 11 is 0. The maximum Gasteiger partial charge on any atom is 0.168 e. The molecule has 0 aliphatic carbocycles. The Bertz CT molecular complexity index is 516. The third kappa shape index (κ3) is 2.91. The molecule has 0 bridgehead atoms. The molecule has 5 nitrogen and oxygen atoms in total. The van der Waals surface area contributed by atoms with Crippen LogP contribution in [0.15, 0.2) is 12.5 Å². The highest BCUT2D eigenvalue weighted by molar-refractivity contribution is 5.85. The Kier molecular flexibility index (Phi) is 4.53. The van der Waals surface area contributed by atoms with E-state index in [1.807, 2.05) is 20.9 Å². The number of rotatable bonds is 1. The van der Waals surface area contributed by atoms with Crippen LogP contribution in [0.1, 0.15) is 40.4 Å². The van der Waals surface area contributed by atoms with Crippen LogP contribution in [0, 0.1) is 0 Å². The van der Waals surface area contributed by atoms with Gasteiger partial charge in [0.2, 0.25) is 0 Å². The van der Waals surface area contributed by atoms with E-state index in [0.29, 0.717) is 5.65 Å². The average Bonchev–Trinajstić information content (AvgIpc) is 2.38. The number of hydrogen-bond donors (Lipinski definition) is 1. The zero-order valence-corrected chi connectivity index (χ0v) is 11.9. The summed E-state index contributed by atoms with van der Waals surface area (Å²) in [6.07, 6.45) is 3.28. The zero-order valence-electron chi connectivity index (χ0n) is 11.9. The number of anilines is 1. The molecule has 0 unspecified atom stereocenters. The van der Waals surface area contributed by atoms with Gasteiger partial charge >= 0.3 is 0 Å². The molecule has 0 spiro atoms. The Morgan fingerprint density at radius 2 is 1.72 bits per heavy atom. The second-order valence-corrected chi connectivity index (χ2v) is 4.65. The van der Waals surface area contributed by atoms with E-state index in [1.54, 1.807) is 6.20 Å². The highest BCUT2D eigenvalue weighted by Crippen LogP contribution is 2.21. The summed E-state index contributed by atoms with van der Waals surface area (Å²) in [6, 6.07) is 0. The average molecular weight is 247 g/mol. The molecule has 2 aromatic rings. The molecule has 0 atom stereocenters. The van der Waals surface area contributed by atoms with Crippen LogP contribution in [-0.2, 0) is 5.41 Å². The summed E-state index contributed by atoms with van der Waals surface area (Å²) in [5.41, 5.74) is 0.609. The molecule has 18 heavy (non-hydrogen) atoms. The van der Waals surface area contributed by atoms with Crippen LogP contribution in [0.3, 0.4) is 0 Å². The molecule has 2 aromatic heterocycles. The fourth-order valence-corrected chi connectivity index (χ4v) is 1.41. The van der Waals surface area contributed by atoms with Gasteiger partial charge in [-0.05, 0) is 0 Å². The smallest absolute Gasteiger partial charge is 0.168 e. The van der Waals surface area contributed by atoms with Crippen LogP contribution < -0.4 is 5.32 Å². The van der Waals surface area contributed by atoms with Crippen molar-refractivity contribution < 1.29 is 0 Å². The topological polar surface area (TPSA) is 63.6 Å². The van der Waals surface area contributed by atoms with Gasteiger partial charge in [0.1, 0.15) is 18.0 Å². The lowest BCUT2D eigenvalue weighted by molar-refractivity contribution is 0.547. The summed E-state index contributed by atoms with van der Waals surface area (Å²) < 4.78 is 0. The lowest BCUT2D eigenvalue weighted by atomic mass is 9.96. The van der Waals surface area contributed by atoms with E-state index in [-0.39, 0.29) is 5.41 Å². The number of fused-ring (bicyclic) bond motifs is 1. The summed E-state index contributed by atoms with van der Waals surface area (Å²) in [7, 11) is 1.82. The van der Waals surface area contributed by atoms with Crippen molar-refractivity contribution in [1.82, 2.24) is 19.9 Å². The van der Waals surface area contributed by atoms with Crippen molar-refractivity contribution in [2.24, 2.45) is 0 Å². The maximum absolute atomic E-state index is 4.45. The van der Waals surface area contributed by atoms with Crippen molar-refractivity contribution in [2.75, 3.05) is 12.4 Å². The largest absolute Gasteiger partial charge is 0.372 e. The molecule has 0 radical (unpaired) electrons. The van der Waals surface area contributed by atoms with Gasteiger partial charge in [-0.2, -0.15) is 0 Å². The van der Waals surface area contributed by atoms with Crippen molar-refractivity contribution in [3.8, 4) is 0 Å². The zero-order chi connectivity index (χ0) is 13.8. The molecule has 0 aliphatic rings. The SMILES string of the molecule is CC.CNc1ncnc2nc(C(C)(C)C)ncc12. The minimum Gasteiger partial charge on any atom is -0.372 e. The van der Waals surface area contributed by atoms with Crippen molar-refractivity contribution in [1.29, 1.82) is 0 Å². The van der Waals surface area contributed by atoms with E-state index >= 15 is 0 Å². The third-order valence-corrected chi connectivity index (χ3v) is 2.30. The van der Waals surface area contributed by atoms with E-state index in [9.17, 15) is 0 Å². The van der Waals surface area contributed by atoms with Gasteiger partial charge in [0, 0.05) is 18.7 Å². The van der Waals surface area contributed by atoms with Gasteiger partial charge in [-0.15, -0.1) is 0 Å². The van der Waals surface area contributed by atoms with Gasteiger partial charge in [0.25, 0.3) is 0 Å². The molecule has 0 aliphatic heterocycles. The fraction of sp³-hybridized carbons (Fsp3) is 0.538.